The monoisotopic (exact) mass is 129 g/mol. The molecule has 0 aromatic carbocycles. The van der Waals surface area contributed by atoms with E-state index >= 15 is 0 Å². The second-order valence-corrected chi connectivity index (χ2v) is 2.87. The van der Waals surface area contributed by atoms with Crippen molar-refractivity contribution in [3.8, 4) is 0 Å². The molecule has 1 saturated heterocycles. The van der Waals surface area contributed by atoms with Gasteiger partial charge in [0.1, 0.15) is 5.72 Å². The SMILES string of the molecule is CC1(C)NC(C[NH])CO1. The lowest BCUT2D eigenvalue weighted by Gasteiger charge is -2.17. The predicted molar refractivity (Wildman–Crippen MR) is 34.9 cm³/mol. The molecule has 0 aromatic heterocycles. The lowest BCUT2D eigenvalue weighted by Crippen LogP contribution is -2.40. The third-order valence-corrected chi connectivity index (χ3v) is 1.44. The van der Waals surface area contributed by atoms with E-state index in [0.29, 0.717) is 13.2 Å². The summed E-state index contributed by atoms with van der Waals surface area (Å²) in [6.07, 6.45) is 0. The number of ether oxygens (including phenoxy) is 1. The van der Waals surface area contributed by atoms with Gasteiger partial charge in [0.2, 0.25) is 0 Å². The average molecular weight is 129 g/mol. The molecule has 3 heteroatoms. The molecular weight excluding hydrogens is 116 g/mol. The van der Waals surface area contributed by atoms with Gasteiger partial charge in [0, 0.05) is 12.6 Å². The van der Waals surface area contributed by atoms with Crippen LogP contribution in [-0.2, 0) is 4.74 Å². The minimum absolute atomic E-state index is 0.203. The van der Waals surface area contributed by atoms with Crippen molar-refractivity contribution in [2.75, 3.05) is 13.2 Å². The van der Waals surface area contributed by atoms with Crippen molar-refractivity contribution in [3.05, 3.63) is 0 Å². The van der Waals surface area contributed by atoms with Crippen molar-refractivity contribution in [3.63, 3.8) is 0 Å². The average Bonchev–Trinajstić information content (AvgIpc) is 2.10. The Labute approximate surface area is 55.6 Å². The fraction of sp³-hybridized carbons (Fsp3) is 1.00. The summed E-state index contributed by atoms with van der Waals surface area (Å²) >= 11 is 0. The normalized spacial score (nSPS) is 33.0. The molecule has 1 atom stereocenters. The Morgan fingerprint density at radius 1 is 1.78 bits per heavy atom. The second kappa shape index (κ2) is 2.25. The fourth-order valence-corrected chi connectivity index (χ4v) is 0.994. The lowest BCUT2D eigenvalue weighted by atomic mass is 10.3. The highest BCUT2D eigenvalue weighted by molar-refractivity contribution is 4.81. The van der Waals surface area contributed by atoms with Crippen molar-refractivity contribution < 1.29 is 4.74 Å². The quantitative estimate of drug-likeness (QED) is 0.541. The Morgan fingerprint density at radius 2 is 2.44 bits per heavy atom. The van der Waals surface area contributed by atoms with E-state index in [2.05, 4.69) is 5.32 Å². The van der Waals surface area contributed by atoms with Crippen LogP contribution in [0.25, 0.3) is 0 Å². The van der Waals surface area contributed by atoms with Crippen molar-refractivity contribution >= 4 is 0 Å². The summed E-state index contributed by atoms with van der Waals surface area (Å²) in [7, 11) is 0. The smallest absolute Gasteiger partial charge is 0.113 e. The first kappa shape index (κ1) is 6.99. The maximum absolute atomic E-state index is 7.03. The molecule has 3 nitrogen and oxygen atoms in total. The highest BCUT2D eigenvalue weighted by Crippen LogP contribution is 2.12. The van der Waals surface area contributed by atoms with Gasteiger partial charge in [-0.3, -0.25) is 11.1 Å². The maximum Gasteiger partial charge on any atom is 0.113 e. The van der Waals surface area contributed by atoms with Gasteiger partial charge in [-0.25, -0.2) is 0 Å². The number of rotatable bonds is 1. The van der Waals surface area contributed by atoms with E-state index in [1.165, 1.54) is 0 Å². The molecule has 1 heterocycles. The van der Waals surface area contributed by atoms with Crippen LogP contribution in [0.2, 0.25) is 0 Å². The summed E-state index contributed by atoms with van der Waals surface area (Å²) in [6, 6.07) is 0.236. The van der Waals surface area contributed by atoms with Gasteiger partial charge < -0.3 is 4.74 Å². The zero-order valence-corrected chi connectivity index (χ0v) is 5.90. The molecule has 53 valence electrons. The summed E-state index contributed by atoms with van der Waals surface area (Å²) in [6.45, 7) is 5.03. The molecule has 1 aliphatic rings. The molecule has 0 spiro atoms. The van der Waals surface area contributed by atoms with E-state index < -0.39 is 0 Å². The highest BCUT2D eigenvalue weighted by atomic mass is 16.5. The van der Waals surface area contributed by atoms with Crippen LogP contribution in [0, 0.1) is 0 Å². The Morgan fingerprint density at radius 3 is 2.67 bits per heavy atom. The largest absolute Gasteiger partial charge is 0.360 e. The first-order valence-corrected chi connectivity index (χ1v) is 3.20. The van der Waals surface area contributed by atoms with Crippen LogP contribution in [0.4, 0.5) is 0 Å². The zero-order chi connectivity index (χ0) is 6.91. The molecule has 1 radical (unpaired) electrons. The third-order valence-electron chi connectivity index (χ3n) is 1.44. The van der Waals surface area contributed by atoms with Gasteiger partial charge in [-0.15, -0.1) is 0 Å². The van der Waals surface area contributed by atoms with Crippen LogP contribution < -0.4 is 11.1 Å². The minimum atomic E-state index is -0.203. The van der Waals surface area contributed by atoms with E-state index in [-0.39, 0.29) is 11.8 Å². The Bertz CT molecular complexity index is 103. The van der Waals surface area contributed by atoms with Crippen LogP contribution in [-0.4, -0.2) is 24.9 Å². The van der Waals surface area contributed by atoms with E-state index in [1.807, 2.05) is 13.8 Å². The topological polar surface area (TPSA) is 45.1 Å². The second-order valence-electron chi connectivity index (χ2n) is 2.87. The van der Waals surface area contributed by atoms with Crippen LogP contribution in [0.3, 0.4) is 0 Å². The maximum atomic E-state index is 7.03. The Hall–Kier alpha value is -0.120. The van der Waals surface area contributed by atoms with Gasteiger partial charge in [-0.05, 0) is 13.8 Å². The molecule has 9 heavy (non-hydrogen) atoms. The predicted octanol–water partition coefficient (Wildman–Crippen LogP) is -0.00620. The van der Waals surface area contributed by atoms with Crippen molar-refractivity contribution in [1.29, 1.82) is 0 Å². The molecular formula is C6H13N2O. The molecule has 0 aromatic rings. The van der Waals surface area contributed by atoms with Gasteiger partial charge in [0.15, 0.2) is 0 Å². The van der Waals surface area contributed by atoms with Crippen LogP contribution in [0.15, 0.2) is 0 Å². The minimum Gasteiger partial charge on any atom is -0.360 e. The van der Waals surface area contributed by atoms with E-state index in [1.54, 1.807) is 0 Å². The van der Waals surface area contributed by atoms with Gasteiger partial charge in [0.25, 0.3) is 0 Å². The molecule has 1 unspecified atom stereocenters. The first-order valence-electron chi connectivity index (χ1n) is 3.20. The van der Waals surface area contributed by atoms with Crippen molar-refractivity contribution in [2.45, 2.75) is 25.6 Å². The van der Waals surface area contributed by atoms with E-state index in [4.69, 9.17) is 10.5 Å². The van der Waals surface area contributed by atoms with Crippen molar-refractivity contribution in [2.24, 2.45) is 0 Å². The number of hydrogen-bond acceptors (Lipinski definition) is 2. The number of nitrogens with one attached hydrogen (secondary N) is 2. The molecule has 0 bridgehead atoms. The lowest BCUT2D eigenvalue weighted by molar-refractivity contribution is 0.0231. The third kappa shape index (κ3) is 1.64. The molecule has 0 amide bonds. The molecule has 1 aliphatic heterocycles. The molecule has 2 N–H and O–H groups in total. The van der Waals surface area contributed by atoms with Gasteiger partial charge in [-0.1, -0.05) is 0 Å². The zero-order valence-electron chi connectivity index (χ0n) is 5.90. The Kier molecular flexibility index (Phi) is 1.75. The van der Waals surface area contributed by atoms with Crippen LogP contribution in [0.5, 0.6) is 0 Å². The van der Waals surface area contributed by atoms with Gasteiger partial charge >= 0.3 is 0 Å². The summed E-state index contributed by atoms with van der Waals surface area (Å²) in [5.41, 5.74) is 6.83. The standard InChI is InChI=1S/C6H13N2O/c1-6(2)8-5(3-7)4-9-6/h5,7-8H,3-4H2,1-2H3. The summed E-state index contributed by atoms with van der Waals surface area (Å²) in [5, 5.41) is 3.17. The van der Waals surface area contributed by atoms with Gasteiger partial charge in [0.05, 0.1) is 6.61 Å². The fourth-order valence-electron chi connectivity index (χ4n) is 0.994. The highest BCUT2D eigenvalue weighted by Gasteiger charge is 2.29. The van der Waals surface area contributed by atoms with Crippen LogP contribution >= 0.6 is 0 Å². The van der Waals surface area contributed by atoms with Crippen LogP contribution in [0.1, 0.15) is 13.8 Å². The molecule has 0 saturated carbocycles. The summed E-state index contributed by atoms with van der Waals surface area (Å²) < 4.78 is 5.31. The van der Waals surface area contributed by atoms with E-state index in [9.17, 15) is 0 Å². The molecule has 1 rings (SSSR count). The Balaban J connectivity index is 2.38. The summed E-state index contributed by atoms with van der Waals surface area (Å²) in [4.78, 5) is 0. The van der Waals surface area contributed by atoms with Gasteiger partial charge in [-0.2, -0.15) is 0 Å². The molecule has 0 aliphatic carbocycles. The number of hydrogen-bond donors (Lipinski definition) is 1. The van der Waals surface area contributed by atoms with Crippen molar-refractivity contribution in [1.82, 2.24) is 11.1 Å². The first-order chi connectivity index (χ1) is 4.14. The van der Waals surface area contributed by atoms with E-state index in [0.717, 1.165) is 0 Å². The molecule has 1 fully saturated rings. The summed E-state index contributed by atoms with van der Waals surface area (Å²) in [5.74, 6) is 0.